The normalized spacial score (nSPS) is 16.4. The number of carbonyl (C=O) groups is 2. The molecular weight excluding hydrogens is 391 g/mol. The number of hydrogen-bond acceptors (Lipinski definition) is 7. The number of esters is 2. The highest BCUT2D eigenvalue weighted by molar-refractivity contribution is 5.98. The molecule has 1 heterocycles. The first kappa shape index (κ1) is 22.7. The van der Waals surface area contributed by atoms with Gasteiger partial charge in [0.05, 0.1) is 25.9 Å². The average Bonchev–Trinajstić information content (AvgIpc) is 2.67. The number of carbonyl (C=O) groups excluding carboxylic acids is 2. The summed E-state index contributed by atoms with van der Waals surface area (Å²) in [7, 11) is 4.21. The molecule has 0 radical (unpaired) electrons. The number of nitrogens with zero attached hydrogens (tertiary/aromatic N) is 2. The molecule has 1 aliphatic heterocycles. The van der Waals surface area contributed by atoms with Crippen LogP contribution in [0.4, 0.5) is 18.9 Å². The minimum Gasteiger partial charge on any atom is -0.466 e. The maximum atomic E-state index is 13.4. The summed E-state index contributed by atoms with van der Waals surface area (Å²) in [6, 6.07) is 3.48. The predicted octanol–water partition coefficient (Wildman–Crippen LogP) is 2.09. The van der Waals surface area contributed by atoms with Gasteiger partial charge in [-0.2, -0.15) is 13.2 Å². The number of halogens is 3. The Labute approximate surface area is 167 Å². The van der Waals surface area contributed by atoms with Crippen molar-refractivity contribution in [1.82, 2.24) is 9.80 Å². The van der Waals surface area contributed by atoms with Crippen molar-refractivity contribution in [1.29, 1.82) is 0 Å². The molecule has 1 N–H and O–H groups in total. The van der Waals surface area contributed by atoms with E-state index in [-0.39, 0.29) is 11.4 Å². The van der Waals surface area contributed by atoms with Crippen LogP contribution in [0, 0.1) is 0 Å². The minimum atomic E-state index is -4.56. The smallest absolute Gasteiger partial charge is 0.416 e. The third-order valence-corrected chi connectivity index (χ3v) is 4.47. The number of nitrogens with one attached hydrogen (secondary N) is 1. The number of piperazine rings is 1. The van der Waals surface area contributed by atoms with Crippen LogP contribution in [-0.4, -0.2) is 69.2 Å². The lowest BCUT2D eigenvalue weighted by Crippen LogP contribution is -2.43. The number of benzene rings is 1. The Balaban J connectivity index is 2.33. The van der Waals surface area contributed by atoms with Gasteiger partial charge in [-0.25, -0.2) is 9.59 Å². The molecule has 7 nitrogen and oxygen atoms in total. The van der Waals surface area contributed by atoms with Gasteiger partial charge in [0.2, 0.25) is 0 Å². The zero-order valence-electron chi connectivity index (χ0n) is 16.5. The Morgan fingerprint density at radius 2 is 1.76 bits per heavy atom. The van der Waals surface area contributed by atoms with Gasteiger partial charge in [-0.3, -0.25) is 4.90 Å². The molecule has 29 heavy (non-hydrogen) atoms. The zero-order valence-corrected chi connectivity index (χ0v) is 16.5. The first-order valence-electron chi connectivity index (χ1n) is 8.89. The molecule has 1 aliphatic rings. The Morgan fingerprint density at radius 1 is 1.10 bits per heavy atom. The van der Waals surface area contributed by atoms with Crippen molar-refractivity contribution in [2.24, 2.45) is 0 Å². The first-order chi connectivity index (χ1) is 13.6. The van der Waals surface area contributed by atoms with E-state index in [4.69, 9.17) is 0 Å². The van der Waals surface area contributed by atoms with Crippen LogP contribution in [0.5, 0.6) is 0 Å². The number of methoxy groups -OCH3 is 2. The second kappa shape index (κ2) is 9.75. The van der Waals surface area contributed by atoms with Crippen molar-refractivity contribution < 1.29 is 32.2 Å². The van der Waals surface area contributed by atoms with Gasteiger partial charge in [-0.15, -0.1) is 0 Å². The molecule has 1 fully saturated rings. The molecule has 10 heteroatoms. The standard InChI is InChI=1S/C19H24F3N3O4/c1-24-4-6-25(7-5-24)12-13-8-14(19(20,21)22)10-15(9-13)23-16(18(27)29-3)11-17(26)28-2/h8-11,23H,4-7,12H2,1-3H3/b16-11+. The molecule has 1 aromatic rings. The van der Waals surface area contributed by atoms with Gasteiger partial charge in [0.25, 0.3) is 0 Å². The SMILES string of the molecule is COC(=O)/C=C(/Nc1cc(CN2CCN(C)CC2)cc(C(F)(F)F)c1)C(=O)OC. The number of rotatable bonds is 6. The maximum Gasteiger partial charge on any atom is 0.416 e. The Hall–Kier alpha value is -2.59. The summed E-state index contributed by atoms with van der Waals surface area (Å²) in [5.74, 6) is -1.75. The minimum absolute atomic E-state index is 0.0181. The largest absolute Gasteiger partial charge is 0.466 e. The van der Waals surface area contributed by atoms with E-state index in [9.17, 15) is 22.8 Å². The summed E-state index contributed by atoms with van der Waals surface area (Å²) in [5, 5.41) is 2.55. The fraction of sp³-hybridized carbons (Fsp3) is 0.474. The quantitative estimate of drug-likeness (QED) is 0.564. The first-order valence-corrected chi connectivity index (χ1v) is 8.89. The lowest BCUT2D eigenvalue weighted by atomic mass is 10.1. The summed E-state index contributed by atoms with van der Waals surface area (Å²) in [5.41, 5.74) is -0.725. The Kier molecular flexibility index (Phi) is 7.63. The molecule has 0 atom stereocenters. The summed E-state index contributed by atoms with van der Waals surface area (Å²) < 4.78 is 49.2. The summed E-state index contributed by atoms with van der Waals surface area (Å²) >= 11 is 0. The third kappa shape index (κ3) is 6.75. The van der Waals surface area contributed by atoms with Gasteiger partial charge in [0.1, 0.15) is 5.70 Å². The van der Waals surface area contributed by atoms with Crippen LogP contribution in [0.3, 0.4) is 0 Å². The van der Waals surface area contributed by atoms with Gasteiger partial charge < -0.3 is 19.7 Å². The molecule has 2 rings (SSSR count). The van der Waals surface area contributed by atoms with E-state index in [0.717, 1.165) is 58.6 Å². The van der Waals surface area contributed by atoms with Crippen molar-refractivity contribution in [3.05, 3.63) is 41.1 Å². The molecule has 0 aromatic heterocycles. The van der Waals surface area contributed by atoms with Crippen LogP contribution in [0.25, 0.3) is 0 Å². The fourth-order valence-electron chi connectivity index (χ4n) is 2.87. The molecule has 0 amide bonds. The zero-order chi connectivity index (χ0) is 21.6. The lowest BCUT2D eigenvalue weighted by Gasteiger charge is -2.32. The van der Waals surface area contributed by atoms with Crippen molar-refractivity contribution in [2.75, 3.05) is 52.8 Å². The van der Waals surface area contributed by atoms with Crippen LogP contribution in [-0.2, 0) is 31.8 Å². The molecule has 1 saturated heterocycles. The molecule has 0 unspecified atom stereocenters. The van der Waals surface area contributed by atoms with E-state index >= 15 is 0 Å². The van der Waals surface area contributed by atoms with Crippen LogP contribution in [0.15, 0.2) is 30.0 Å². The second-order valence-electron chi connectivity index (χ2n) is 6.69. The van der Waals surface area contributed by atoms with Crippen LogP contribution in [0.1, 0.15) is 11.1 Å². The second-order valence-corrected chi connectivity index (χ2v) is 6.69. The summed E-state index contributed by atoms with van der Waals surface area (Å²) in [4.78, 5) is 27.6. The molecule has 0 bridgehead atoms. The highest BCUT2D eigenvalue weighted by Crippen LogP contribution is 2.32. The summed E-state index contributed by atoms with van der Waals surface area (Å²) in [6.45, 7) is 3.48. The van der Waals surface area contributed by atoms with Gasteiger partial charge in [0, 0.05) is 38.4 Å². The third-order valence-electron chi connectivity index (χ3n) is 4.47. The maximum absolute atomic E-state index is 13.4. The molecule has 0 saturated carbocycles. The van der Waals surface area contributed by atoms with Crippen molar-refractivity contribution in [2.45, 2.75) is 12.7 Å². The predicted molar refractivity (Wildman–Crippen MR) is 100.0 cm³/mol. The highest BCUT2D eigenvalue weighted by Gasteiger charge is 2.31. The number of hydrogen-bond donors (Lipinski definition) is 1. The van der Waals surface area contributed by atoms with Crippen LogP contribution in [0.2, 0.25) is 0 Å². The van der Waals surface area contributed by atoms with Crippen molar-refractivity contribution >= 4 is 17.6 Å². The monoisotopic (exact) mass is 415 g/mol. The molecule has 0 spiro atoms. The van der Waals surface area contributed by atoms with Crippen molar-refractivity contribution in [3.63, 3.8) is 0 Å². The number of ether oxygens (including phenoxy) is 2. The van der Waals surface area contributed by atoms with E-state index in [2.05, 4.69) is 24.6 Å². The van der Waals surface area contributed by atoms with E-state index in [1.165, 1.54) is 6.07 Å². The Bertz CT molecular complexity index is 772. The average molecular weight is 415 g/mol. The molecule has 0 aliphatic carbocycles. The van der Waals surface area contributed by atoms with Crippen LogP contribution >= 0.6 is 0 Å². The number of anilines is 1. The van der Waals surface area contributed by atoms with Gasteiger partial charge >= 0.3 is 18.1 Å². The van der Waals surface area contributed by atoms with E-state index in [1.54, 1.807) is 0 Å². The molecular formula is C19H24F3N3O4. The fourth-order valence-corrected chi connectivity index (χ4v) is 2.87. The highest BCUT2D eigenvalue weighted by atomic mass is 19.4. The summed E-state index contributed by atoms with van der Waals surface area (Å²) in [6.07, 6.45) is -3.74. The van der Waals surface area contributed by atoms with Gasteiger partial charge in [-0.1, -0.05) is 0 Å². The molecule has 1 aromatic carbocycles. The van der Waals surface area contributed by atoms with Crippen molar-refractivity contribution in [3.8, 4) is 0 Å². The molecule has 160 valence electrons. The Morgan fingerprint density at radius 3 is 2.31 bits per heavy atom. The van der Waals surface area contributed by atoms with Gasteiger partial charge in [-0.05, 0) is 30.8 Å². The van der Waals surface area contributed by atoms with E-state index < -0.39 is 23.7 Å². The van der Waals surface area contributed by atoms with Crippen LogP contribution < -0.4 is 5.32 Å². The van der Waals surface area contributed by atoms with Gasteiger partial charge in [0.15, 0.2) is 0 Å². The lowest BCUT2D eigenvalue weighted by molar-refractivity contribution is -0.138. The number of alkyl halides is 3. The van der Waals surface area contributed by atoms with E-state index in [1.807, 2.05) is 7.05 Å². The van der Waals surface area contributed by atoms with E-state index in [0.29, 0.717) is 12.1 Å². The topological polar surface area (TPSA) is 71.1 Å². The number of likely N-dealkylation sites (N-methyl/N-ethyl adjacent to an activating group) is 1.